The molecule has 0 aliphatic rings. The molecule has 0 aliphatic carbocycles. The van der Waals surface area contributed by atoms with Gasteiger partial charge in [0, 0.05) is 19.3 Å². The fourth-order valence-electron chi connectivity index (χ4n) is 2.34. The number of nitrogens with zero attached hydrogens (tertiary/aromatic N) is 2. The standard InChI is InChI=1S/C18H17N2P/c1-14-13-15(2)20-18(19-14)21(16-9-5-3-6-10-16)17-11-7-4-8-12-17/h3-13H,1-2H3. The molecule has 104 valence electrons. The summed E-state index contributed by atoms with van der Waals surface area (Å²) in [5.74, 6) is 0. The highest BCUT2D eigenvalue weighted by Gasteiger charge is 2.19. The molecule has 0 atom stereocenters. The van der Waals surface area contributed by atoms with Crippen LogP contribution in [0.2, 0.25) is 0 Å². The molecule has 0 radical (unpaired) electrons. The fraction of sp³-hybridized carbons (Fsp3) is 0.111. The van der Waals surface area contributed by atoms with Gasteiger partial charge in [0.05, 0.1) is 0 Å². The van der Waals surface area contributed by atoms with Crippen molar-refractivity contribution >= 4 is 24.1 Å². The first-order valence-electron chi connectivity index (χ1n) is 6.96. The third kappa shape index (κ3) is 3.17. The van der Waals surface area contributed by atoms with E-state index in [0.29, 0.717) is 0 Å². The molecule has 0 fully saturated rings. The van der Waals surface area contributed by atoms with Crippen LogP contribution < -0.4 is 16.2 Å². The second-order valence-corrected chi connectivity index (χ2v) is 7.06. The monoisotopic (exact) mass is 292 g/mol. The van der Waals surface area contributed by atoms with Crippen LogP contribution in [-0.2, 0) is 0 Å². The van der Waals surface area contributed by atoms with Crippen molar-refractivity contribution in [3.8, 4) is 0 Å². The Labute approximate surface area is 126 Å². The zero-order valence-corrected chi connectivity index (χ0v) is 13.1. The summed E-state index contributed by atoms with van der Waals surface area (Å²) >= 11 is 0. The second kappa shape index (κ2) is 6.15. The van der Waals surface area contributed by atoms with Crippen molar-refractivity contribution in [1.82, 2.24) is 9.97 Å². The number of hydrogen-bond acceptors (Lipinski definition) is 2. The van der Waals surface area contributed by atoms with Crippen molar-refractivity contribution in [2.45, 2.75) is 13.8 Å². The van der Waals surface area contributed by atoms with Crippen molar-refractivity contribution in [3.63, 3.8) is 0 Å². The summed E-state index contributed by atoms with van der Waals surface area (Å²) in [6.07, 6.45) is 0. The maximum Gasteiger partial charge on any atom is 0.160 e. The molecule has 0 aliphatic heterocycles. The van der Waals surface area contributed by atoms with E-state index in [0.717, 1.165) is 17.0 Å². The molecular weight excluding hydrogens is 275 g/mol. The van der Waals surface area contributed by atoms with E-state index in [1.54, 1.807) is 0 Å². The van der Waals surface area contributed by atoms with Gasteiger partial charge in [0.2, 0.25) is 0 Å². The van der Waals surface area contributed by atoms with Crippen LogP contribution in [0.25, 0.3) is 0 Å². The van der Waals surface area contributed by atoms with Gasteiger partial charge >= 0.3 is 0 Å². The molecule has 0 unspecified atom stereocenters. The molecule has 2 aromatic carbocycles. The van der Waals surface area contributed by atoms with Crippen molar-refractivity contribution < 1.29 is 0 Å². The number of aromatic nitrogens is 2. The van der Waals surface area contributed by atoms with Crippen LogP contribution in [0.3, 0.4) is 0 Å². The molecule has 2 nitrogen and oxygen atoms in total. The molecule has 3 aromatic rings. The Hall–Kier alpha value is -2.05. The van der Waals surface area contributed by atoms with Crippen LogP contribution in [0, 0.1) is 13.8 Å². The number of benzene rings is 2. The third-order valence-corrected chi connectivity index (χ3v) is 5.43. The molecule has 3 rings (SSSR count). The molecule has 0 saturated carbocycles. The lowest BCUT2D eigenvalue weighted by Gasteiger charge is -2.17. The summed E-state index contributed by atoms with van der Waals surface area (Å²) in [5, 5.41) is 2.56. The quantitative estimate of drug-likeness (QED) is 0.694. The highest BCUT2D eigenvalue weighted by atomic mass is 31.1. The van der Waals surface area contributed by atoms with Crippen LogP contribution >= 0.6 is 7.92 Å². The van der Waals surface area contributed by atoms with E-state index >= 15 is 0 Å². The summed E-state index contributed by atoms with van der Waals surface area (Å²) in [7, 11) is -0.701. The van der Waals surface area contributed by atoms with Crippen LogP contribution in [0.15, 0.2) is 66.7 Å². The van der Waals surface area contributed by atoms with Gasteiger partial charge in [0.25, 0.3) is 0 Å². The Morgan fingerprint density at radius 1 is 0.667 bits per heavy atom. The molecule has 0 bridgehead atoms. The summed E-state index contributed by atoms with van der Waals surface area (Å²) in [6, 6.07) is 23.1. The minimum Gasteiger partial charge on any atom is -0.233 e. The van der Waals surface area contributed by atoms with Crippen molar-refractivity contribution in [2.75, 3.05) is 0 Å². The van der Waals surface area contributed by atoms with Gasteiger partial charge in [-0.1, -0.05) is 60.7 Å². The average Bonchev–Trinajstić information content (AvgIpc) is 2.49. The highest BCUT2D eigenvalue weighted by Crippen LogP contribution is 2.30. The Balaban J connectivity index is 2.17. The summed E-state index contributed by atoms with van der Waals surface area (Å²) in [5.41, 5.74) is 2.98. The van der Waals surface area contributed by atoms with Crippen LogP contribution in [-0.4, -0.2) is 9.97 Å². The van der Waals surface area contributed by atoms with E-state index in [2.05, 4.69) is 48.5 Å². The summed E-state index contributed by atoms with van der Waals surface area (Å²) in [4.78, 5) is 9.41. The van der Waals surface area contributed by atoms with E-state index in [9.17, 15) is 0 Å². The van der Waals surface area contributed by atoms with E-state index in [1.807, 2.05) is 32.0 Å². The summed E-state index contributed by atoms with van der Waals surface area (Å²) in [6.45, 7) is 4.06. The molecule has 0 amide bonds. The molecule has 0 spiro atoms. The van der Waals surface area contributed by atoms with Crippen molar-refractivity contribution in [1.29, 1.82) is 0 Å². The fourth-order valence-corrected chi connectivity index (χ4v) is 4.56. The van der Waals surface area contributed by atoms with Gasteiger partial charge in [-0.3, -0.25) is 0 Å². The normalized spacial score (nSPS) is 10.8. The SMILES string of the molecule is Cc1cc(C)nc(P(c2ccccc2)c2ccccc2)n1. The number of hydrogen-bond donors (Lipinski definition) is 0. The maximum atomic E-state index is 4.70. The smallest absolute Gasteiger partial charge is 0.160 e. The predicted molar refractivity (Wildman–Crippen MR) is 90.2 cm³/mol. The minimum absolute atomic E-state index is 0.701. The zero-order valence-electron chi connectivity index (χ0n) is 12.2. The Morgan fingerprint density at radius 2 is 1.10 bits per heavy atom. The van der Waals surface area contributed by atoms with E-state index in [1.165, 1.54) is 10.6 Å². The minimum atomic E-state index is -0.701. The maximum absolute atomic E-state index is 4.70. The second-order valence-electron chi connectivity index (χ2n) is 4.96. The topological polar surface area (TPSA) is 25.8 Å². The first-order chi connectivity index (χ1) is 10.2. The van der Waals surface area contributed by atoms with Gasteiger partial charge in [-0.25, -0.2) is 9.97 Å². The highest BCUT2D eigenvalue weighted by molar-refractivity contribution is 7.79. The Kier molecular flexibility index (Phi) is 4.08. The van der Waals surface area contributed by atoms with E-state index in [4.69, 9.17) is 9.97 Å². The van der Waals surface area contributed by atoms with Crippen LogP contribution in [0.4, 0.5) is 0 Å². The lowest BCUT2D eigenvalue weighted by atomic mass is 10.4. The zero-order chi connectivity index (χ0) is 14.7. The predicted octanol–water partition coefficient (Wildman–Crippen LogP) is 2.85. The molecule has 3 heteroatoms. The van der Waals surface area contributed by atoms with Crippen LogP contribution in [0.1, 0.15) is 11.4 Å². The average molecular weight is 292 g/mol. The van der Waals surface area contributed by atoms with Gasteiger partial charge in [0.15, 0.2) is 5.57 Å². The molecule has 1 aromatic heterocycles. The van der Waals surface area contributed by atoms with Gasteiger partial charge in [-0.2, -0.15) is 0 Å². The molecular formula is C18H17N2P. The van der Waals surface area contributed by atoms with Crippen LogP contribution in [0.5, 0.6) is 0 Å². The van der Waals surface area contributed by atoms with Gasteiger partial charge in [-0.05, 0) is 30.5 Å². The van der Waals surface area contributed by atoms with Gasteiger partial charge in [-0.15, -0.1) is 0 Å². The van der Waals surface area contributed by atoms with E-state index < -0.39 is 7.92 Å². The van der Waals surface area contributed by atoms with E-state index in [-0.39, 0.29) is 0 Å². The number of aryl methyl sites for hydroxylation is 2. The summed E-state index contributed by atoms with van der Waals surface area (Å²) < 4.78 is 0. The molecule has 21 heavy (non-hydrogen) atoms. The molecule has 0 N–H and O–H groups in total. The third-order valence-electron chi connectivity index (χ3n) is 3.20. The Morgan fingerprint density at radius 3 is 1.52 bits per heavy atom. The first kappa shape index (κ1) is 13.9. The van der Waals surface area contributed by atoms with Crippen molar-refractivity contribution in [2.24, 2.45) is 0 Å². The van der Waals surface area contributed by atoms with Gasteiger partial charge in [0.1, 0.15) is 0 Å². The molecule has 0 saturated heterocycles. The lowest BCUT2D eigenvalue weighted by molar-refractivity contribution is 1.10. The Bertz CT molecular complexity index is 667. The largest absolute Gasteiger partial charge is 0.233 e. The van der Waals surface area contributed by atoms with Crippen molar-refractivity contribution in [3.05, 3.63) is 78.1 Å². The number of rotatable bonds is 3. The molecule has 1 heterocycles. The lowest BCUT2D eigenvalue weighted by Crippen LogP contribution is -2.26. The first-order valence-corrected chi connectivity index (χ1v) is 8.31. The van der Waals surface area contributed by atoms with Gasteiger partial charge < -0.3 is 0 Å².